The molecule has 32 heavy (non-hydrogen) atoms. The Morgan fingerprint density at radius 2 is 2.19 bits per heavy atom. The third-order valence-corrected chi connectivity index (χ3v) is 7.77. The van der Waals surface area contributed by atoms with Gasteiger partial charge in [0, 0.05) is 24.4 Å². The summed E-state index contributed by atoms with van der Waals surface area (Å²) in [6.07, 6.45) is 2.61. The number of carboxylic acids is 1. The van der Waals surface area contributed by atoms with Crippen molar-refractivity contribution in [3.8, 4) is 11.5 Å². The molecule has 0 radical (unpaired) electrons. The normalized spacial score (nSPS) is 32.9. The maximum atomic E-state index is 12.5. The molecule has 2 aliphatic carbocycles. The molecule has 9 nitrogen and oxygen atoms in total. The molecule has 5 atom stereocenters. The number of carbonyl (C=O) groups is 2. The van der Waals surface area contributed by atoms with Gasteiger partial charge in [0.05, 0.1) is 18.1 Å². The molecule has 1 aromatic carbocycles. The lowest BCUT2D eigenvalue weighted by Gasteiger charge is -2.61. The third kappa shape index (κ3) is 2.68. The number of methoxy groups -OCH3 is 1. The Hall–Kier alpha value is -2.62. The number of nitrogens with two attached hydrogens (primary N) is 1. The largest absolute Gasteiger partial charge is 0.493 e. The zero-order valence-corrected chi connectivity index (χ0v) is 18.2. The number of carboxylic acid groups (broad SMARTS) is 1. The molecule has 1 spiro atoms. The minimum Gasteiger partial charge on any atom is -0.493 e. The topological polar surface area (TPSA) is 132 Å². The van der Waals surface area contributed by atoms with Crippen LogP contribution < -0.4 is 15.2 Å². The average molecular weight is 444 g/mol. The van der Waals surface area contributed by atoms with E-state index in [1.807, 2.05) is 19.2 Å². The van der Waals surface area contributed by atoms with Gasteiger partial charge >= 0.3 is 11.9 Å². The smallest absolute Gasteiger partial charge is 0.320 e. The number of esters is 1. The first kappa shape index (κ1) is 21.2. The number of aliphatic hydroxyl groups is 1. The van der Waals surface area contributed by atoms with Crippen molar-refractivity contribution in [1.29, 1.82) is 0 Å². The second-order valence-electron chi connectivity index (χ2n) is 9.24. The quantitative estimate of drug-likeness (QED) is 0.543. The highest BCUT2D eigenvalue weighted by Crippen LogP contribution is 2.65. The van der Waals surface area contributed by atoms with E-state index in [1.165, 1.54) is 0 Å². The van der Waals surface area contributed by atoms with Crippen molar-refractivity contribution in [2.45, 2.75) is 61.3 Å². The lowest BCUT2D eigenvalue weighted by atomic mass is 9.50. The fourth-order valence-corrected chi connectivity index (χ4v) is 6.17. The molecule has 9 heteroatoms. The SMILES string of the molecule is COc1ccc2c3c1O[C@H]1C(OC(=O)CC[C@H](N)C(=O)O)=CC[C@@]4(O)[C@H](C2)N(C)CC[C@]314. The van der Waals surface area contributed by atoms with Crippen molar-refractivity contribution in [3.05, 3.63) is 35.1 Å². The van der Waals surface area contributed by atoms with Crippen molar-refractivity contribution in [1.82, 2.24) is 4.90 Å². The molecule has 1 fully saturated rings. The number of hydrogen-bond donors (Lipinski definition) is 3. The highest BCUT2D eigenvalue weighted by atomic mass is 16.6. The number of likely N-dealkylation sites (tertiary alicyclic amines) is 1. The number of ether oxygens (including phenoxy) is 3. The molecular weight excluding hydrogens is 416 g/mol. The van der Waals surface area contributed by atoms with Gasteiger partial charge < -0.3 is 35.1 Å². The number of piperidine rings is 1. The number of aliphatic carboxylic acids is 1. The summed E-state index contributed by atoms with van der Waals surface area (Å²) in [6, 6.07) is 2.70. The molecule has 0 amide bonds. The average Bonchev–Trinajstić information content (AvgIpc) is 3.12. The molecule has 2 aliphatic heterocycles. The van der Waals surface area contributed by atoms with E-state index in [2.05, 4.69) is 4.90 Å². The Morgan fingerprint density at radius 3 is 2.91 bits per heavy atom. The summed E-state index contributed by atoms with van der Waals surface area (Å²) < 4.78 is 17.7. The molecule has 172 valence electrons. The van der Waals surface area contributed by atoms with Crippen LogP contribution in [0.15, 0.2) is 24.0 Å². The summed E-state index contributed by atoms with van der Waals surface area (Å²) in [5.74, 6) is -0.175. The van der Waals surface area contributed by atoms with Crippen LogP contribution in [0, 0.1) is 0 Å². The highest BCUT2D eigenvalue weighted by Gasteiger charge is 2.72. The predicted molar refractivity (Wildman–Crippen MR) is 112 cm³/mol. The van der Waals surface area contributed by atoms with Crippen LogP contribution in [0.2, 0.25) is 0 Å². The van der Waals surface area contributed by atoms with Gasteiger partial charge in [-0.25, -0.2) is 0 Å². The number of likely N-dealkylation sites (N-methyl/N-ethyl adjacent to an activating group) is 1. The lowest BCUT2D eigenvalue weighted by molar-refractivity contribution is -0.169. The number of rotatable bonds is 6. The number of hydrogen-bond acceptors (Lipinski definition) is 8. The van der Waals surface area contributed by atoms with Crippen LogP contribution in [0.3, 0.4) is 0 Å². The van der Waals surface area contributed by atoms with Crippen molar-refractivity contribution in [2.24, 2.45) is 5.73 Å². The molecule has 4 aliphatic rings. The van der Waals surface area contributed by atoms with Crippen LogP contribution in [0.5, 0.6) is 11.5 Å². The zero-order valence-electron chi connectivity index (χ0n) is 18.2. The number of nitrogens with zero attached hydrogens (tertiary/aromatic N) is 1. The van der Waals surface area contributed by atoms with Crippen molar-refractivity contribution in [2.75, 3.05) is 20.7 Å². The van der Waals surface area contributed by atoms with E-state index in [9.17, 15) is 14.7 Å². The zero-order chi connectivity index (χ0) is 22.8. The van der Waals surface area contributed by atoms with Crippen LogP contribution in [-0.2, 0) is 26.2 Å². The Balaban J connectivity index is 1.53. The van der Waals surface area contributed by atoms with Crippen LogP contribution in [0.4, 0.5) is 0 Å². The van der Waals surface area contributed by atoms with Gasteiger partial charge in [-0.3, -0.25) is 9.59 Å². The van der Waals surface area contributed by atoms with E-state index in [0.29, 0.717) is 36.5 Å². The summed E-state index contributed by atoms with van der Waals surface area (Å²) in [4.78, 5) is 25.7. The first-order valence-electron chi connectivity index (χ1n) is 10.9. The van der Waals surface area contributed by atoms with E-state index in [4.69, 9.17) is 25.1 Å². The Morgan fingerprint density at radius 1 is 1.41 bits per heavy atom. The fraction of sp³-hybridized carbons (Fsp3) is 0.565. The van der Waals surface area contributed by atoms with Gasteiger partial charge in [-0.1, -0.05) is 6.07 Å². The minimum atomic E-state index is -1.16. The summed E-state index contributed by atoms with van der Waals surface area (Å²) >= 11 is 0. The van der Waals surface area contributed by atoms with E-state index in [0.717, 1.165) is 17.7 Å². The molecule has 0 aromatic heterocycles. The maximum absolute atomic E-state index is 12.5. The Kier molecular flexibility index (Phi) is 4.77. The van der Waals surface area contributed by atoms with E-state index < -0.39 is 35.1 Å². The van der Waals surface area contributed by atoms with Crippen LogP contribution in [-0.4, -0.2) is 71.5 Å². The summed E-state index contributed by atoms with van der Waals surface area (Å²) in [5, 5.41) is 21.1. The first-order valence-corrected chi connectivity index (χ1v) is 10.9. The predicted octanol–water partition coefficient (Wildman–Crippen LogP) is 0.708. The Bertz CT molecular complexity index is 1020. The highest BCUT2D eigenvalue weighted by molar-refractivity contribution is 5.76. The van der Waals surface area contributed by atoms with Gasteiger partial charge in [-0.15, -0.1) is 0 Å². The van der Waals surface area contributed by atoms with E-state index in [-0.39, 0.29) is 18.9 Å². The van der Waals surface area contributed by atoms with Crippen LogP contribution >= 0.6 is 0 Å². The van der Waals surface area contributed by atoms with Gasteiger partial charge in [0.1, 0.15) is 11.8 Å². The molecule has 0 unspecified atom stereocenters. The monoisotopic (exact) mass is 444 g/mol. The van der Waals surface area contributed by atoms with Crippen LogP contribution in [0.1, 0.15) is 36.8 Å². The van der Waals surface area contributed by atoms with Gasteiger partial charge in [0.2, 0.25) is 0 Å². The molecule has 1 saturated heterocycles. The summed E-state index contributed by atoms with van der Waals surface area (Å²) in [7, 11) is 3.61. The third-order valence-electron chi connectivity index (χ3n) is 7.77. The minimum absolute atomic E-state index is 0.0207. The molecular formula is C23H28N2O7. The molecule has 2 heterocycles. The standard InChI is InChI=1S/C23H28N2O7/c1-25-10-9-22-18-12-3-5-14(30-2)19(18)32-20(22)15(7-8-23(22,29)16(25)11-12)31-17(26)6-4-13(24)21(27)28/h3,5,7,13,16,20,29H,4,6,8-11,24H2,1-2H3,(H,27,28)/t13-,16-,20-,22-,23+/m0/s1. The molecule has 0 saturated carbocycles. The van der Waals surface area contributed by atoms with Gasteiger partial charge in [0.25, 0.3) is 0 Å². The summed E-state index contributed by atoms with van der Waals surface area (Å²) in [5.41, 5.74) is 5.77. The van der Waals surface area contributed by atoms with E-state index >= 15 is 0 Å². The molecule has 1 aromatic rings. The second kappa shape index (κ2) is 7.19. The van der Waals surface area contributed by atoms with Gasteiger partial charge in [0.15, 0.2) is 17.6 Å². The van der Waals surface area contributed by atoms with Crippen molar-refractivity contribution < 1.29 is 34.0 Å². The maximum Gasteiger partial charge on any atom is 0.320 e. The number of carbonyl (C=O) groups excluding carboxylic acids is 1. The van der Waals surface area contributed by atoms with Gasteiger partial charge in [-0.05, 0) is 50.6 Å². The number of benzene rings is 1. The van der Waals surface area contributed by atoms with Crippen LogP contribution in [0.25, 0.3) is 0 Å². The van der Waals surface area contributed by atoms with E-state index in [1.54, 1.807) is 13.2 Å². The molecule has 5 rings (SSSR count). The first-order chi connectivity index (χ1) is 15.2. The molecule has 2 bridgehead atoms. The lowest BCUT2D eigenvalue weighted by Crippen LogP contribution is -2.74. The van der Waals surface area contributed by atoms with Gasteiger partial charge in [-0.2, -0.15) is 0 Å². The second-order valence-corrected chi connectivity index (χ2v) is 9.24. The Labute approximate surface area is 185 Å². The van der Waals surface area contributed by atoms with Crippen molar-refractivity contribution >= 4 is 11.9 Å². The summed E-state index contributed by atoms with van der Waals surface area (Å²) in [6.45, 7) is 0.775. The molecule has 4 N–H and O–H groups in total. The fourth-order valence-electron chi connectivity index (χ4n) is 6.17. The van der Waals surface area contributed by atoms with Crippen molar-refractivity contribution in [3.63, 3.8) is 0 Å².